The number of ether oxygens (including phenoxy) is 1. The van der Waals surface area contributed by atoms with Crippen molar-refractivity contribution >= 4 is 23.0 Å². The Balaban J connectivity index is 1.10. The summed E-state index contributed by atoms with van der Waals surface area (Å²) in [4.78, 5) is 7.02. The molecule has 4 aliphatic rings. The van der Waals surface area contributed by atoms with E-state index in [9.17, 15) is 5.11 Å². The first-order valence-corrected chi connectivity index (χ1v) is 12.9. The maximum atomic E-state index is 11.3. The van der Waals surface area contributed by atoms with Gasteiger partial charge in [0.05, 0.1) is 36.6 Å². The van der Waals surface area contributed by atoms with Crippen LogP contribution < -0.4 is 14.8 Å². The molecule has 2 saturated heterocycles. The number of allylic oxidation sites excluding steroid dienone is 1. The van der Waals surface area contributed by atoms with Crippen molar-refractivity contribution in [1.82, 2.24) is 24.2 Å². The molecule has 2 aromatic rings. The molecule has 8 heteroatoms. The number of aliphatic hydroxyl groups is 1. The quantitative estimate of drug-likeness (QED) is 0.523. The average Bonchev–Trinajstić information content (AvgIpc) is 3.42. The van der Waals surface area contributed by atoms with E-state index in [0.29, 0.717) is 24.7 Å². The molecule has 0 radical (unpaired) electrons. The summed E-state index contributed by atoms with van der Waals surface area (Å²) in [6.45, 7) is 1.56. The fourth-order valence-electron chi connectivity index (χ4n) is 5.86. The third-order valence-electron chi connectivity index (χ3n) is 7.57. The minimum atomic E-state index is -0.545. The minimum absolute atomic E-state index is 0.522. The first-order chi connectivity index (χ1) is 16.7. The van der Waals surface area contributed by atoms with E-state index in [0.717, 1.165) is 41.6 Å². The zero-order valence-electron chi connectivity index (χ0n) is 19.4. The molecule has 178 valence electrons. The van der Waals surface area contributed by atoms with E-state index in [1.165, 1.54) is 24.1 Å². The molecule has 34 heavy (non-hydrogen) atoms. The second kappa shape index (κ2) is 9.26. The highest BCUT2D eigenvalue weighted by molar-refractivity contribution is 7.95. The highest BCUT2D eigenvalue weighted by atomic mass is 32.2. The zero-order chi connectivity index (χ0) is 23.1. The Morgan fingerprint density at radius 2 is 2.12 bits per heavy atom. The Morgan fingerprint density at radius 1 is 1.26 bits per heavy atom. The van der Waals surface area contributed by atoms with Crippen LogP contribution in [0.2, 0.25) is 0 Å². The lowest BCUT2D eigenvalue weighted by molar-refractivity contribution is 0.0528. The van der Waals surface area contributed by atoms with Crippen LogP contribution in [0.5, 0.6) is 5.75 Å². The third-order valence-corrected chi connectivity index (χ3v) is 8.33. The zero-order valence-corrected chi connectivity index (χ0v) is 20.2. The normalized spacial score (nSPS) is 26.8. The van der Waals surface area contributed by atoms with Crippen LogP contribution in [0.25, 0.3) is 10.9 Å². The van der Waals surface area contributed by atoms with Gasteiger partial charge in [-0.05, 0) is 73.2 Å². The topological polar surface area (TPSA) is 72.9 Å². The number of nitrogens with zero attached hydrogens (tertiary/aromatic N) is 3. The van der Waals surface area contributed by atoms with Crippen molar-refractivity contribution in [2.45, 2.75) is 49.9 Å². The SMILES string of the molecule is COc1ccc2nccc(C(O)CN3C4CCC3CC(NCC3=CC5=CNSN5C=C3)C4)c2c1. The molecule has 2 fully saturated rings. The van der Waals surface area contributed by atoms with E-state index in [4.69, 9.17) is 4.74 Å². The number of aromatic nitrogens is 1. The van der Waals surface area contributed by atoms with Crippen molar-refractivity contribution in [1.29, 1.82) is 0 Å². The molecule has 1 aromatic heterocycles. The smallest absolute Gasteiger partial charge is 0.119 e. The van der Waals surface area contributed by atoms with Gasteiger partial charge in [0.2, 0.25) is 0 Å². The third kappa shape index (κ3) is 4.20. The van der Waals surface area contributed by atoms with E-state index in [2.05, 4.69) is 42.6 Å². The van der Waals surface area contributed by atoms with E-state index < -0.39 is 6.10 Å². The second-order valence-corrected chi connectivity index (χ2v) is 10.4. The van der Waals surface area contributed by atoms with Gasteiger partial charge in [-0.1, -0.05) is 0 Å². The van der Waals surface area contributed by atoms with Gasteiger partial charge < -0.3 is 19.9 Å². The first kappa shape index (κ1) is 22.0. The van der Waals surface area contributed by atoms with Gasteiger partial charge in [-0.3, -0.25) is 14.2 Å². The summed E-state index contributed by atoms with van der Waals surface area (Å²) in [6, 6.07) is 9.38. The summed E-state index contributed by atoms with van der Waals surface area (Å²) in [5, 5.41) is 16.0. The van der Waals surface area contributed by atoms with Crippen LogP contribution >= 0.6 is 12.1 Å². The molecular formula is C26H31N5O2S. The molecule has 0 spiro atoms. The van der Waals surface area contributed by atoms with Crippen molar-refractivity contribution in [3.05, 3.63) is 71.8 Å². The molecular weight excluding hydrogens is 446 g/mol. The molecule has 4 aliphatic heterocycles. The van der Waals surface area contributed by atoms with Gasteiger partial charge in [0.25, 0.3) is 0 Å². The van der Waals surface area contributed by atoms with Crippen LogP contribution in [0.1, 0.15) is 37.4 Å². The van der Waals surface area contributed by atoms with Crippen molar-refractivity contribution in [3.63, 3.8) is 0 Å². The highest BCUT2D eigenvalue weighted by Crippen LogP contribution is 2.38. The number of pyridine rings is 1. The molecule has 0 aliphatic carbocycles. The number of nitrogens with one attached hydrogen (secondary N) is 2. The molecule has 6 rings (SSSR count). The van der Waals surface area contributed by atoms with Gasteiger partial charge in [-0.25, -0.2) is 0 Å². The number of hydrogen-bond acceptors (Lipinski definition) is 8. The van der Waals surface area contributed by atoms with Crippen LogP contribution in [-0.4, -0.2) is 57.6 Å². The summed E-state index contributed by atoms with van der Waals surface area (Å²) in [6.07, 6.45) is 14.6. The summed E-state index contributed by atoms with van der Waals surface area (Å²) in [5.41, 5.74) is 4.34. The number of piperidine rings is 1. The number of benzene rings is 1. The molecule has 0 saturated carbocycles. The van der Waals surface area contributed by atoms with Crippen LogP contribution in [-0.2, 0) is 0 Å². The molecule has 3 atom stereocenters. The monoisotopic (exact) mass is 477 g/mol. The van der Waals surface area contributed by atoms with Gasteiger partial charge in [-0.2, -0.15) is 0 Å². The maximum absolute atomic E-state index is 11.3. The Labute approximate surface area is 204 Å². The lowest BCUT2D eigenvalue weighted by Crippen LogP contribution is -2.50. The number of hydrogen-bond donors (Lipinski definition) is 3. The largest absolute Gasteiger partial charge is 0.497 e. The predicted molar refractivity (Wildman–Crippen MR) is 136 cm³/mol. The predicted octanol–water partition coefficient (Wildman–Crippen LogP) is 3.63. The first-order valence-electron chi connectivity index (χ1n) is 12.1. The number of aliphatic hydroxyl groups excluding tert-OH is 1. The summed E-state index contributed by atoms with van der Waals surface area (Å²) < 4.78 is 10.7. The summed E-state index contributed by atoms with van der Waals surface area (Å²) in [7, 11) is 1.67. The molecule has 7 nitrogen and oxygen atoms in total. The highest BCUT2D eigenvalue weighted by Gasteiger charge is 2.41. The summed E-state index contributed by atoms with van der Waals surface area (Å²) >= 11 is 1.59. The van der Waals surface area contributed by atoms with E-state index in [1.54, 1.807) is 25.4 Å². The van der Waals surface area contributed by atoms with E-state index in [1.807, 2.05) is 30.5 Å². The number of rotatable bonds is 7. The van der Waals surface area contributed by atoms with Gasteiger partial charge in [0.1, 0.15) is 5.75 Å². The van der Waals surface area contributed by atoms with Crippen molar-refractivity contribution in [3.8, 4) is 5.75 Å². The Kier molecular flexibility index (Phi) is 5.99. The Morgan fingerprint density at radius 3 is 2.94 bits per heavy atom. The molecule has 0 amide bonds. The lowest BCUT2D eigenvalue weighted by Gasteiger charge is -2.40. The van der Waals surface area contributed by atoms with Crippen molar-refractivity contribution < 1.29 is 9.84 Å². The Hall–Kier alpha value is -2.52. The Bertz CT molecular complexity index is 1150. The van der Waals surface area contributed by atoms with E-state index in [-0.39, 0.29) is 0 Å². The van der Waals surface area contributed by atoms with Crippen LogP contribution in [0.3, 0.4) is 0 Å². The van der Waals surface area contributed by atoms with Crippen molar-refractivity contribution in [2.24, 2.45) is 0 Å². The molecule has 2 bridgehead atoms. The molecule has 5 heterocycles. The van der Waals surface area contributed by atoms with Gasteiger partial charge in [0, 0.05) is 55.2 Å². The van der Waals surface area contributed by atoms with Gasteiger partial charge >= 0.3 is 0 Å². The molecule has 3 N–H and O–H groups in total. The van der Waals surface area contributed by atoms with Crippen LogP contribution in [0.15, 0.2) is 66.3 Å². The standard InChI is InChI=1S/C26H31N5O2S/c1-33-22-4-5-25-24(13-22)23(6-8-27-25)26(32)16-30-19-2-3-20(30)12-18(11-19)28-14-17-7-9-31-21(10-17)15-29-34-31/h4-10,13,15,18-20,26,28-29,32H,2-3,11-12,14,16H2,1H3. The van der Waals surface area contributed by atoms with Gasteiger partial charge in [0.15, 0.2) is 0 Å². The van der Waals surface area contributed by atoms with Crippen molar-refractivity contribution in [2.75, 3.05) is 20.2 Å². The van der Waals surface area contributed by atoms with Crippen LogP contribution in [0.4, 0.5) is 0 Å². The number of methoxy groups -OCH3 is 1. The fourth-order valence-corrected chi connectivity index (χ4v) is 6.48. The van der Waals surface area contributed by atoms with E-state index >= 15 is 0 Å². The molecule has 3 unspecified atom stereocenters. The van der Waals surface area contributed by atoms with Gasteiger partial charge in [-0.15, -0.1) is 0 Å². The second-order valence-electron chi connectivity index (χ2n) is 9.57. The average molecular weight is 478 g/mol. The minimum Gasteiger partial charge on any atom is -0.497 e. The summed E-state index contributed by atoms with van der Waals surface area (Å²) in [5.74, 6) is 0.788. The number of fused-ring (bicyclic) bond motifs is 4. The molecule has 1 aromatic carbocycles. The lowest BCUT2D eigenvalue weighted by atomic mass is 9.95. The van der Waals surface area contributed by atoms with Crippen LogP contribution in [0, 0.1) is 0 Å². The fraction of sp³-hybridized carbons (Fsp3) is 0.423. The maximum Gasteiger partial charge on any atom is 0.119 e.